The van der Waals surface area contributed by atoms with Crippen molar-refractivity contribution in [1.29, 1.82) is 5.26 Å². The Bertz CT molecular complexity index is 393. The van der Waals surface area contributed by atoms with Crippen LogP contribution in [0.25, 0.3) is 6.08 Å². The van der Waals surface area contributed by atoms with Gasteiger partial charge in [-0.2, -0.15) is 5.26 Å². The number of hydrogen-bond acceptors (Lipinski definition) is 1. The van der Waals surface area contributed by atoms with Crippen molar-refractivity contribution >= 4 is 17.7 Å². The molecule has 0 amide bonds. The first kappa shape index (κ1) is 11.7. The molecular formula is C12H11ClFN. The summed E-state index contributed by atoms with van der Waals surface area (Å²) in [7, 11) is 0. The minimum Gasteiger partial charge on any atom is -0.207 e. The van der Waals surface area contributed by atoms with Crippen LogP contribution < -0.4 is 0 Å². The number of halogens is 2. The van der Waals surface area contributed by atoms with Gasteiger partial charge in [0.1, 0.15) is 5.82 Å². The smallest absolute Gasteiger partial charge is 0.128 e. The molecule has 0 aromatic heterocycles. The van der Waals surface area contributed by atoms with Crippen LogP contribution in [0.4, 0.5) is 4.39 Å². The Labute approximate surface area is 93.8 Å². The first-order chi connectivity index (χ1) is 7.27. The second-order valence-corrected chi connectivity index (χ2v) is 3.44. The van der Waals surface area contributed by atoms with E-state index in [1.807, 2.05) is 18.2 Å². The van der Waals surface area contributed by atoms with Gasteiger partial charge in [0.15, 0.2) is 0 Å². The van der Waals surface area contributed by atoms with E-state index in [4.69, 9.17) is 16.9 Å². The SMILES string of the molecule is N#CCc1ccc(C=CCCCl)cc1F. The van der Waals surface area contributed by atoms with Gasteiger partial charge in [0, 0.05) is 11.4 Å². The quantitative estimate of drug-likeness (QED) is 0.717. The maximum atomic E-state index is 13.3. The summed E-state index contributed by atoms with van der Waals surface area (Å²) in [5.41, 5.74) is 1.23. The monoisotopic (exact) mass is 223 g/mol. The van der Waals surface area contributed by atoms with Crippen molar-refractivity contribution in [2.45, 2.75) is 12.8 Å². The average Bonchev–Trinajstić information content (AvgIpc) is 2.23. The average molecular weight is 224 g/mol. The summed E-state index contributed by atoms with van der Waals surface area (Å²) >= 11 is 5.50. The normalized spacial score (nSPS) is 10.5. The van der Waals surface area contributed by atoms with Crippen LogP contribution in [-0.2, 0) is 6.42 Å². The minimum absolute atomic E-state index is 0.109. The van der Waals surface area contributed by atoms with Crippen molar-refractivity contribution in [3.63, 3.8) is 0 Å². The van der Waals surface area contributed by atoms with Crippen LogP contribution >= 0.6 is 11.6 Å². The second kappa shape index (κ2) is 6.21. The molecule has 0 aliphatic rings. The number of alkyl halides is 1. The summed E-state index contributed by atoms with van der Waals surface area (Å²) in [5.74, 6) is 0.232. The maximum Gasteiger partial charge on any atom is 0.128 e. The van der Waals surface area contributed by atoms with Gasteiger partial charge < -0.3 is 0 Å². The second-order valence-electron chi connectivity index (χ2n) is 3.07. The van der Waals surface area contributed by atoms with Crippen molar-refractivity contribution in [2.75, 3.05) is 5.88 Å². The van der Waals surface area contributed by atoms with Crippen molar-refractivity contribution in [2.24, 2.45) is 0 Å². The highest BCUT2D eigenvalue weighted by Gasteiger charge is 2.00. The molecule has 78 valence electrons. The van der Waals surface area contributed by atoms with E-state index in [0.29, 0.717) is 11.4 Å². The van der Waals surface area contributed by atoms with Gasteiger partial charge in [-0.1, -0.05) is 24.3 Å². The predicted octanol–water partition coefficient (Wildman–Crippen LogP) is 3.53. The number of nitrogens with zero attached hydrogens (tertiary/aromatic N) is 1. The number of hydrogen-bond donors (Lipinski definition) is 0. The molecule has 0 saturated heterocycles. The lowest BCUT2D eigenvalue weighted by atomic mass is 10.1. The van der Waals surface area contributed by atoms with Crippen molar-refractivity contribution in [3.8, 4) is 6.07 Å². The molecule has 3 heteroatoms. The molecule has 1 rings (SSSR count). The highest BCUT2D eigenvalue weighted by atomic mass is 35.5. The third-order valence-corrected chi connectivity index (χ3v) is 2.15. The van der Waals surface area contributed by atoms with E-state index in [2.05, 4.69) is 0 Å². The van der Waals surface area contributed by atoms with E-state index in [1.54, 1.807) is 12.1 Å². The summed E-state index contributed by atoms with van der Waals surface area (Å²) in [6.45, 7) is 0. The van der Waals surface area contributed by atoms with E-state index in [-0.39, 0.29) is 12.2 Å². The Hall–Kier alpha value is -1.33. The Morgan fingerprint density at radius 2 is 2.27 bits per heavy atom. The summed E-state index contributed by atoms with van der Waals surface area (Å²) in [5, 5.41) is 8.44. The van der Waals surface area contributed by atoms with E-state index < -0.39 is 0 Å². The van der Waals surface area contributed by atoms with Crippen molar-refractivity contribution in [1.82, 2.24) is 0 Å². The molecule has 0 aliphatic carbocycles. The molecule has 15 heavy (non-hydrogen) atoms. The number of rotatable bonds is 4. The fourth-order valence-electron chi connectivity index (χ4n) is 1.18. The molecule has 1 nitrogen and oxygen atoms in total. The summed E-state index contributed by atoms with van der Waals surface area (Å²) in [6.07, 6.45) is 4.59. The van der Waals surface area contributed by atoms with Crippen LogP contribution in [0, 0.1) is 17.1 Å². The largest absolute Gasteiger partial charge is 0.207 e. The van der Waals surface area contributed by atoms with Gasteiger partial charge in [-0.3, -0.25) is 0 Å². The highest BCUT2D eigenvalue weighted by molar-refractivity contribution is 6.17. The maximum absolute atomic E-state index is 13.3. The first-order valence-corrected chi connectivity index (χ1v) is 5.19. The molecule has 0 unspecified atom stereocenters. The van der Waals surface area contributed by atoms with E-state index in [1.165, 1.54) is 6.07 Å². The van der Waals surface area contributed by atoms with E-state index in [0.717, 1.165) is 12.0 Å². The van der Waals surface area contributed by atoms with Gasteiger partial charge in [0.25, 0.3) is 0 Å². The number of benzene rings is 1. The van der Waals surface area contributed by atoms with Crippen LogP contribution in [-0.4, -0.2) is 5.88 Å². The van der Waals surface area contributed by atoms with Gasteiger partial charge in [0.2, 0.25) is 0 Å². The highest BCUT2D eigenvalue weighted by Crippen LogP contribution is 2.12. The molecule has 0 radical (unpaired) electrons. The first-order valence-electron chi connectivity index (χ1n) is 4.66. The Morgan fingerprint density at radius 1 is 1.47 bits per heavy atom. The standard InChI is InChI=1S/C12H11ClFN/c13-7-2-1-3-10-4-5-11(6-8-15)12(14)9-10/h1,3-5,9H,2,6-7H2. The molecule has 0 aliphatic heterocycles. The molecule has 0 N–H and O–H groups in total. The molecule has 0 heterocycles. The van der Waals surface area contributed by atoms with Crippen LogP contribution in [0.1, 0.15) is 17.5 Å². The third-order valence-electron chi connectivity index (χ3n) is 1.93. The van der Waals surface area contributed by atoms with Gasteiger partial charge in [-0.05, 0) is 18.1 Å². The van der Waals surface area contributed by atoms with Crippen LogP contribution in [0.2, 0.25) is 0 Å². The Morgan fingerprint density at radius 3 is 2.87 bits per heavy atom. The molecule has 1 aromatic rings. The molecular weight excluding hydrogens is 213 g/mol. The number of nitriles is 1. The van der Waals surface area contributed by atoms with E-state index in [9.17, 15) is 4.39 Å². The fourth-order valence-corrected chi connectivity index (χ4v) is 1.30. The molecule has 0 bridgehead atoms. The number of allylic oxidation sites excluding steroid dienone is 1. The molecule has 1 aromatic carbocycles. The van der Waals surface area contributed by atoms with Crippen molar-refractivity contribution in [3.05, 3.63) is 41.2 Å². The Balaban J connectivity index is 2.78. The molecule has 0 spiro atoms. The summed E-state index contributed by atoms with van der Waals surface area (Å²) in [4.78, 5) is 0. The van der Waals surface area contributed by atoms with Gasteiger partial charge in [0.05, 0.1) is 12.5 Å². The zero-order valence-corrected chi connectivity index (χ0v) is 8.97. The third kappa shape index (κ3) is 3.73. The lowest BCUT2D eigenvalue weighted by Gasteiger charge is -1.99. The predicted molar refractivity (Wildman–Crippen MR) is 60.1 cm³/mol. The fraction of sp³-hybridized carbons (Fsp3) is 0.250. The summed E-state index contributed by atoms with van der Waals surface area (Å²) < 4.78 is 13.3. The lowest BCUT2D eigenvalue weighted by molar-refractivity contribution is 0.615. The van der Waals surface area contributed by atoms with Gasteiger partial charge in [-0.25, -0.2) is 4.39 Å². The molecule has 0 fully saturated rings. The lowest BCUT2D eigenvalue weighted by Crippen LogP contribution is -1.88. The topological polar surface area (TPSA) is 23.8 Å². The van der Waals surface area contributed by atoms with Gasteiger partial charge >= 0.3 is 0 Å². The zero-order valence-electron chi connectivity index (χ0n) is 8.21. The van der Waals surface area contributed by atoms with Crippen LogP contribution in [0.3, 0.4) is 0 Å². The molecule has 0 saturated carbocycles. The molecule has 0 atom stereocenters. The van der Waals surface area contributed by atoms with Crippen molar-refractivity contribution < 1.29 is 4.39 Å². The van der Waals surface area contributed by atoms with Crippen LogP contribution in [0.5, 0.6) is 0 Å². The Kier molecular flexibility index (Phi) is 4.86. The summed E-state index contributed by atoms with van der Waals surface area (Å²) in [6, 6.07) is 6.78. The van der Waals surface area contributed by atoms with E-state index >= 15 is 0 Å². The zero-order chi connectivity index (χ0) is 11.1. The van der Waals surface area contributed by atoms with Crippen LogP contribution in [0.15, 0.2) is 24.3 Å². The van der Waals surface area contributed by atoms with Gasteiger partial charge in [-0.15, -0.1) is 11.6 Å². The minimum atomic E-state index is -0.329.